The number of para-hydroxylation sites is 1. The molecule has 0 aliphatic heterocycles. The summed E-state index contributed by atoms with van der Waals surface area (Å²) >= 11 is 7.27. The van der Waals surface area contributed by atoms with E-state index in [0.29, 0.717) is 15.7 Å². The number of hydrogen-bond donors (Lipinski definition) is 1. The summed E-state index contributed by atoms with van der Waals surface area (Å²) in [6, 6.07) is 13.5. The maximum atomic E-state index is 12.2. The molecule has 0 atom stereocenters. The van der Waals surface area contributed by atoms with Crippen LogP contribution >= 0.6 is 22.9 Å². The summed E-state index contributed by atoms with van der Waals surface area (Å²) in [5.41, 5.74) is 0.602. The van der Waals surface area contributed by atoms with E-state index >= 15 is 0 Å². The Kier molecular flexibility index (Phi) is 3.37. The van der Waals surface area contributed by atoms with E-state index in [0.717, 1.165) is 4.70 Å². The first-order valence-electron chi connectivity index (χ1n) is 5.69. The van der Waals surface area contributed by atoms with Gasteiger partial charge in [-0.1, -0.05) is 47.2 Å². The minimum absolute atomic E-state index is 0.199. The first-order chi connectivity index (χ1) is 9.56. The third-order valence-electron chi connectivity index (χ3n) is 2.64. The summed E-state index contributed by atoms with van der Waals surface area (Å²) in [5, 5.41) is 0.806. The lowest BCUT2D eigenvalue weighted by Crippen LogP contribution is -2.12. The van der Waals surface area contributed by atoms with Gasteiger partial charge in [0.25, 0.3) is 10.0 Å². The highest BCUT2D eigenvalue weighted by Crippen LogP contribution is 2.31. The number of anilines is 1. The van der Waals surface area contributed by atoms with Crippen LogP contribution in [0.25, 0.3) is 10.2 Å². The number of nitrogens with zero attached hydrogens (tertiary/aromatic N) is 1. The molecule has 0 aliphatic rings. The number of thiazole rings is 1. The predicted molar refractivity (Wildman–Crippen MR) is 81.9 cm³/mol. The lowest BCUT2D eigenvalue weighted by molar-refractivity contribution is 0.601. The molecule has 102 valence electrons. The van der Waals surface area contributed by atoms with Crippen LogP contribution in [-0.4, -0.2) is 13.4 Å². The molecule has 20 heavy (non-hydrogen) atoms. The summed E-state index contributed by atoms with van der Waals surface area (Å²) in [5.74, 6) is 0. The Morgan fingerprint density at radius 3 is 2.50 bits per heavy atom. The van der Waals surface area contributed by atoms with Gasteiger partial charge < -0.3 is 0 Å². The van der Waals surface area contributed by atoms with Gasteiger partial charge in [-0.25, -0.2) is 13.4 Å². The molecular formula is C13H9ClN2O2S2. The van der Waals surface area contributed by atoms with Crippen LogP contribution in [0.3, 0.4) is 0 Å². The highest BCUT2D eigenvalue weighted by Gasteiger charge is 2.16. The molecule has 0 spiro atoms. The number of sulfonamides is 1. The molecule has 1 N–H and O–H groups in total. The Hall–Kier alpha value is -1.63. The zero-order valence-corrected chi connectivity index (χ0v) is 12.5. The standard InChI is InChI=1S/C13H9ClN2O2S2/c14-10-7-4-8-11-12(10)15-13(19-11)16-20(17,18)9-5-2-1-3-6-9/h1-8H,(H,15,16). The molecule has 0 saturated carbocycles. The lowest BCUT2D eigenvalue weighted by atomic mass is 10.3. The summed E-state index contributed by atoms with van der Waals surface area (Å²) < 4.78 is 27.7. The molecular weight excluding hydrogens is 316 g/mol. The average molecular weight is 325 g/mol. The van der Waals surface area contributed by atoms with Crippen molar-refractivity contribution in [2.75, 3.05) is 4.72 Å². The van der Waals surface area contributed by atoms with Crippen molar-refractivity contribution in [3.63, 3.8) is 0 Å². The van der Waals surface area contributed by atoms with Gasteiger partial charge in [-0.3, -0.25) is 4.72 Å². The van der Waals surface area contributed by atoms with Gasteiger partial charge in [0.15, 0.2) is 5.13 Å². The normalized spacial score (nSPS) is 11.7. The molecule has 0 saturated heterocycles. The Bertz CT molecular complexity index is 860. The van der Waals surface area contributed by atoms with E-state index in [-0.39, 0.29) is 4.90 Å². The maximum Gasteiger partial charge on any atom is 0.263 e. The number of nitrogens with one attached hydrogen (secondary N) is 1. The SMILES string of the molecule is O=S(=O)(Nc1nc2c(Cl)cccc2s1)c1ccccc1. The molecule has 0 fully saturated rings. The Morgan fingerprint density at radius 2 is 1.80 bits per heavy atom. The van der Waals surface area contributed by atoms with E-state index in [1.54, 1.807) is 30.3 Å². The summed E-state index contributed by atoms with van der Waals surface area (Å²) in [6.45, 7) is 0. The Labute approximate surface area is 125 Å². The molecule has 2 aromatic carbocycles. The molecule has 0 bridgehead atoms. The molecule has 0 unspecified atom stereocenters. The van der Waals surface area contributed by atoms with E-state index in [2.05, 4.69) is 9.71 Å². The Morgan fingerprint density at radius 1 is 1.05 bits per heavy atom. The molecule has 0 aliphatic carbocycles. The van der Waals surface area contributed by atoms with Crippen molar-refractivity contribution >= 4 is 48.3 Å². The second-order valence-electron chi connectivity index (χ2n) is 4.02. The van der Waals surface area contributed by atoms with Gasteiger partial charge in [-0.05, 0) is 24.3 Å². The third kappa shape index (κ3) is 2.49. The summed E-state index contributed by atoms with van der Waals surface area (Å²) in [6.07, 6.45) is 0. The average Bonchev–Trinajstić information content (AvgIpc) is 2.83. The quantitative estimate of drug-likeness (QED) is 0.798. The van der Waals surface area contributed by atoms with Crippen LogP contribution in [0, 0.1) is 0 Å². The Balaban J connectivity index is 1.99. The van der Waals surface area contributed by atoms with Crippen LogP contribution in [0.2, 0.25) is 5.02 Å². The summed E-state index contributed by atoms with van der Waals surface area (Å²) in [4.78, 5) is 4.42. The number of hydrogen-bond acceptors (Lipinski definition) is 4. The largest absolute Gasteiger partial charge is 0.263 e. The fraction of sp³-hybridized carbons (Fsp3) is 0. The van der Waals surface area contributed by atoms with Crippen LogP contribution in [0.4, 0.5) is 5.13 Å². The number of benzene rings is 2. The molecule has 7 heteroatoms. The second kappa shape index (κ2) is 5.05. The van der Waals surface area contributed by atoms with Gasteiger partial charge in [0.1, 0.15) is 5.52 Å². The molecule has 1 aromatic heterocycles. The fourth-order valence-electron chi connectivity index (χ4n) is 1.73. The second-order valence-corrected chi connectivity index (χ2v) is 7.14. The highest BCUT2D eigenvalue weighted by molar-refractivity contribution is 7.93. The van der Waals surface area contributed by atoms with Gasteiger partial charge in [0, 0.05) is 0 Å². The van der Waals surface area contributed by atoms with Crippen LogP contribution in [0.15, 0.2) is 53.4 Å². The van der Waals surface area contributed by atoms with Crippen molar-refractivity contribution < 1.29 is 8.42 Å². The van der Waals surface area contributed by atoms with Gasteiger partial charge >= 0.3 is 0 Å². The summed E-state index contributed by atoms with van der Waals surface area (Å²) in [7, 11) is -3.62. The highest BCUT2D eigenvalue weighted by atomic mass is 35.5. The van der Waals surface area contributed by atoms with Crippen LogP contribution in [0.5, 0.6) is 0 Å². The minimum Gasteiger partial charge on any atom is -0.255 e. The van der Waals surface area contributed by atoms with Crippen molar-refractivity contribution in [1.29, 1.82) is 0 Å². The molecule has 1 heterocycles. The third-order valence-corrected chi connectivity index (χ3v) is 5.37. The number of halogens is 1. The van der Waals surface area contributed by atoms with Crippen molar-refractivity contribution in [3.05, 3.63) is 53.6 Å². The molecule has 3 aromatic rings. The van der Waals surface area contributed by atoms with E-state index in [1.165, 1.54) is 23.5 Å². The van der Waals surface area contributed by atoms with Gasteiger partial charge in [0.2, 0.25) is 0 Å². The number of rotatable bonds is 3. The van der Waals surface area contributed by atoms with Gasteiger partial charge in [0.05, 0.1) is 14.6 Å². The zero-order chi connectivity index (χ0) is 14.2. The maximum absolute atomic E-state index is 12.2. The monoisotopic (exact) mass is 324 g/mol. The fourth-order valence-corrected chi connectivity index (χ4v) is 4.15. The van der Waals surface area contributed by atoms with Gasteiger partial charge in [-0.2, -0.15) is 0 Å². The first-order valence-corrected chi connectivity index (χ1v) is 8.37. The van der Waals surface area contributed by atoms with Crippen molar-refractivity contribution in [1.82, 2.24) is 4.98 Å². The molecule has 3 rings (SSSR count). The smallest absolute Gasteiger partial charge is 0.255 e. The van der Waals surface area contributed by atoms with Crippen molar-refractivity contribution in [2.24, 2.45) is 0 Å². The zero-order valence-electron chi connectivity index (χ0n) is 10.1. The first kappa shape index (κ1) is 13.4. The predicted octanol–water partition coefficient (Wildman–Crippen LogP) is 3.75. The van der Waals surface area contributed by atoms with E-state index in [4.69, 9.17) is 11.6 Å². The topological polar surface area (TPSA) is 59.1 Å². The number of fused-ring (bicyclic) bond motifs is 1. The van der Waals surface area contributed by atoms with E-state index < -0.39 is 10.0 Å². The number of aromatic nitrogens is 1. The minimum atomic E-state index is -3.62. The van der Waals surface area contributed by atoms with Gasteiger partial charge in [-0.15, -0.1) is 0 Å². The van der Waals surface area contributed by atoms with E-state index in [9.17, 15) is 8.42 Å². The van der Waals surface area contributed by atoms with Crippen LogP contribution in [0.1, 0.15) is 0 Å². The molecule has 0 amide bonds. The molecule has 0 radical (unpaired) electrons. The lowest BCUT2D eigenvalue weighted by Gasteiger charge is -2.03. The van der Waals surface area contributed by atoms with Crippen molar-refractivity contribution in [2.45, 2.75) is 4.90 Å². The van der Waals surface area contributed by atoms with Crippen molar-refractivity contribution in [3.8, 4) is 0 Å². The molecule has 4 nitrogen and oxygen atoms in total. The van der Waals surface area contributed by atoms with Crippen LogP contribution in [-0.2, 0) is 10.0 Å². The van der Waals surface area contributed by atoms with E-state index in [1.807, 2.05) is 6.07 Å². The van der Waals surface area contributed by atoms with Crippen LogP contribution < -0.4 is 4.72 Å².